The van der Waals surface area contributed by atoms with E-state index in [2.05, 4.69) is 228 Å². The largest absolute Gasteiger partial charge is 0.308 e. The van der Waals surface area contributed by atoms with E-state index in [1.807, 2.05) is 22.7 Å². The van der Waals surface area contributed by atoms with Gasteiger partial charge in [-0.2, -0.15) is 0 Å². The van der Waals surface area contributed by atoms with Gasteiger partial charge in [-0.1, -0.05) is 158 Å². The van der Waals surface area contributed by atoms with Gasteiger partial charge in [-0.25, -0.2) is 0 Å². The van der Waals surface area contributed by atoms with Crippen LogP contribution in [0.5, 0.6) is 0 Å². The lowest BCUT2D eigenvalue weighted by Gasteiger charge is -2.28. The highest BCUT2D eigenvalue weighted by Crippen LogP contribution is 2.48. The van der Waals surface area contributed by atoms with E-state index >= 15 is 0 Å². The minimum atomic E-state index is 1.12. The third-order valence-electron chi connectivity index (χ3n) is 11.8. The predicted octanol–water partition coefficient (Wildman–Crippen LogP) is 17.3. The van der Waals surface area contributed by atoms with E-state index in [1.54, 1.807) is 0 Å². The lowest BCUT2D eigenvalue weighted by molar-refractivity contribution is 1.31. The lowest BCUT2D eigenvalue weighted by Crippen LogP contribution is -2.11. The maximum Gasteiger partial charge on any atom is 0.0640 e. The number of anilines is 6. The number of rotatable bonds is 7. The van der Waals surface area contributed by atoms with Crippen molar-refractivity contribution in [2.45, 2.75) is 0 Å². The van der Waals surface area contributed by atoms with Gasteiger partial charge in [0.15, 0.2) is 0 Å². The molecule has 0 aliphatic carbocycles. The highest BCUT2D eigenvalue weighted by molar-refractivity contribution is 7.26. The molecule has 0 spiro atoms. The lowest BCUT2D eigenvalue weighted by atomic mass is 10.0. The first-order chi connectivity index (χ1) is 29.8. The van der Waals surface area contributed by atoms with Gasteiger partial charge in [-0.05, 0) is 82.6 Å². The second-order valence-corrected chi connectivity index (χ2v) is 17.4. The molecule has 0 aliphatic rings. The van der Waals surface area contributed by atoms with Crippen molar-refractivity contribution < 1.29 is 0 Å². The van der Waals surface area contributed by atoms with E-state index in [4.69, 9.17) is 0 Å². The Hall–Kier alpha value is -7.24. The van der Waals surface area contributed by atoms with Gasteiger partial charge in [0.2, 0.25) is 0 Å². The summed E-state index contributed by atoms with van der Waals surface area (Å²) in [6, 6.07) is 79.8. The Morgan fingerprint density at radius 2 is 0.583 bits per heavy atom. The number of fused-ring (bicyclic) bond motifs is 8. The molecular formula is C56H36N2S2. The molecule has 4 heteroatoms. The van der Waals surface area contributed by atoms with E-state index in [-0.39, 0.29) is 0 Å². The molecule has 0 saturated heterocycles. The average Bonchev–Trinajstić information content (AvgIpc) is 3.90. The van der Waals surface area contributed by atoms with Crippen molar-refractivity contribution in [2.75, 3.05) is 9.80 Å². The van der Waals surface area contributed by atoms with Crippen LogP contribution >= 0.6 is 22.7 Å². The molecule has 0 bridgehead atoms. The van der Waals surface area contributed by atoms with Crippen molar-refractivity contribution in [3.8, 4) is 11.1 Å². The summed E-state index contributed by atoms with van der Waals surface area (Å²) in [4.78, 5) is 4.90. The van der Waals surface area contributed by atoms with Crippen LogP contribution in [0.15, 0.2) is 218 Å². The first-order valence-corrected chi connectivity index (χ1v) is 22.0. The summed E-state index contributed by atoms with van der Waals surface area (Å²) in [5.74, 6) is 0. The van der Waals surface area contributed by atoms with E-state index in [9.17, 15) is 0 Å². The molecule has 12 aromatic rings. The number of hydrogen-bond acceptors (Lipinski definition) is 4. The fourth-order valence-corrected chi connectivity index (χ4v) is 11.5. The van der Waals surface area contributed by atoms with Crippen LogP contribution in [0.1, 0.15) is 0 Å². The van der Waals surface area contributed by atoms with Crippen LogP contribution in [0.25, 0.3) is 73.0 Å². The standard InChI is InChI=1S/C56H36N2S2/c1-3-17-43-39(13-1)15-9-23-49(43)57(51-25-11-21-47-45-19-5-7-27-53(45)59-55(47)51)41-33-29-37(30-34-41)38-31-35-42(36-32-38)58(50-24-10-16-40-14-2-4-18-44(40)50)52-26-12-22-48-46-20-6-8-28-54(46)60-56(48)52/h1-36H. The smallest absolute Gasteiger partial charge is 0.0640 e. The minimum absolute atomic E-state index is 1.12. The molecule has 0 fully saturated rings. The van der Waals surface area contributed by atoms with Crippen molar-refractivity contribution in [1.29, 1.82) is 0 Å². The first kappa shape index (κ1) is 34.8. The molecule has 0 radical (unpaired) electrons. The van der Waals surface area contributed by atoms with Crippen LogP contribution in [0.4, 0.5) is 34.1 Å². The first-order valence-electron chi connectivity index (χ1n) is 20.3. The Labute approximate surface area is 356 Å². The summed E-state index contributed by atoms with van der Waals surface area (Å²) >= 11 is 3.74. The Kier molecular flexibility index (Phi) is 8.25. The van der Waals surface area contributed by atoms with Crippen LogP contribution in [0, 0.1) is 0 Å². The van der Waals surface area contributed by atoms with Crippen molar-refractivity contribution >= 4 is 119 Å². The number of benzene rings is 10. The summed E-state index contributed by atoms with van der Waals surface area (Å²) in [5.41, 5.74) is 9.28. The van der Waals surface area contributed by atoms with Crippen molar-refractivity contribution in [1.82, 2.24) is 0 Å². The van der Waals surface area contributed by atoms with Crippen molar-refractivity contribution in [3.63, 3.8) is 0 Å². The van der Waals surface area contributed by atoms with Gasteiger partial charge >= 0.3 is 0 Å². The van der Waals surface area contributed by atoms with Gasteiger partial charge in [0.25, 0.3) is 0 Å². The Bertz CT molecular complexity index is 3310. The third kappa shape index (κ3) is 5.68. The highest BCUT2D eigenvalue weighted by Gasteiger charge is 2.22. The summed E-state index contributed by atoms with van der Waals surface area (Å²) < 4.78 is 5.18. The second kappa shape index (κ2) is 14.2. The van der Waals surface area contributed by atoms with Crippen LogP contribution < -0.4 is 9.80 Å². The zero-order chi connectivity index (χ0) is 39.6. The molecule has 282 valence electrons. The molecule has 2 aromatic heterocycles. The number of thiophene rings is 2. The second-order valence-electron chi connectivity index (χ2n) is 15.3. The summed E-state index contributed by atoms with van der Waals surface area (Å²) in [7, 11) is 0. The Morgan fingerprint density at radius 3 is 1.03 bits per heavy atom. The molecule has 2 nitrogen and oxygen atoms in total. The third-order valence-corrected chi connectivity index (χ3v) is 14.3. The van der Waals surface area contributed by atoms with Crippen molar-refractivity contribution in [3.05, 3.63) is 218 Å². The maximum atomic E-state index is 2.45. The molecule has 0 N–H and O–H groups in total. The van der Waals surface area contributed by atoms with Gasteiger partial charge in [0.05, 0.1) is 32.1 Å². The zero-order valence-corrected chi connectivity index (χ0v) is 34.1. The zero-order valence-electron chi connectivity index (χ0n) is 32.5. The minimum Gasteiger partial charge on any atom is -0.308 e. The molecule has 12 rings (SSSR count). The maximum absolute atomic E-state index is 2.45. The fourth-order valence-electron chi connectivity index (χ4n) is 9.05. The van der Waals surface area contributed by atoms with Crippen LogP contribution in [-0.4, -0.2) is 0 Å². The van der Waals surface area contributed by atoms with E-state index < -0.39 is 0 Å². The van der Waals surface area contributed by atoms with Gasteiger partial charge < -0.3 is 9.80 Å². The Morgan fingerprint density at radius 1 is 0.250 bits per heavy atom. The molecule has 0 saturated carbocycles. The SMILES string of the molecule is c1ccc2c(N(c3ccc(-c4ccc(N(c5cccc6ccccc56)c5cccc6c5sc5ccccc56)cc4)cc3)c3cccc4c3sc3ccccc34)cccc2c1. The van der Waals surface area contributed by atoms with Crippen LogP contribution in [-0.2, 0) is 0 Å². The fraction of sp³-hybridized carbons (Fsp3) is 0. The summed E-state index contributed by atoms with van der Waals surface area (Å²) in [5, 5.41) is 10.1. The quantitative estimate of drug-likeness (QED) is 0.158. The summed E-state index contributed by atoms with van der Waals surface area (Å²) in [6.07, 6.45) is 0. The van der Waals surface area contributed by atoms with Crippen molar-refractivity contribution in [2.24, 2.45) is 0 Å². The van der Waals surface area contributed by atoms with E-state index in [0.29, 0.717) is 0 Å². The molecule has 10 aromatic carbocycles. The monoisotopic (exact) mass is 800 g/mol. The van der Waals surface area contributed by atoms with Crippen LogP contribution in [0.2, 0.25) is 0 Å². The van der Waals surface area contributed by atoms with Gasteiger partial charge in [0, 0.05) is 53.1 Å². The predicted molar refractivity (Wildman–Crippen MR) is 262 cm³/mol. The highest BCUT2D eigenvalue weighted by atomic mass is 32.1. The molecule has 0 amide bonds. The molecule has 0 atom stereocenters. The molecular weight excluding hydrogens is 765 g/mol. The van der Waals surface area contributed by atoms with Gasteiger partial charge in [0.1, 0.15) is 0 Å². The molecule has 0 aliphatic heterocycles. The van der Waals surface area contributed by atoms with E-state index in [1.165, 1.54) is 84.4 Å². The normalized spacial score (nSPS) is 11.7. The molecule has 60 heavy (non-hydrogen) atoms. The summed E-state index contributed by atoms with van der Waals surface area (Å²) in [6.45, 7) is 0. The topological polar surface area (TPSA) is 6.48 Å². The van der Waals surface area contributed by atoms with Gasteiger partial charge in [-0.15, -0.1) is 22.7 Å². The number of hydrogen-bond donors (Lipinski definition) is 0. The molecule has 0 unspecified atom stereocenters. The Balaban J connectivity index is 0.971. The van der Waals surface area contributed by atoms with Gasteiger partial charge in [-0.3, -0.25) is 0 Å². The van der Waals surface area contributed by atoms with E-state index in [0.717, 1.165) is 22.7 Å². The van der Waals surface area contributed by atoms with Crippen LogP contribution in [0.3, 0.4) is 0 Å². The number of nitrogens with zero attached hydrogens (tertiary/aromatic N) is 2. The molecule has 2 heterocycles. The average molecular weight is 801 g/mol.